The molecule has 0 saturated carbocycles. The van der Waals surface area contributed by atoms with Crippen molar-refractivity contribution < 1.29 is 24.2 Å². The van der Waals surface area contributed by atoms with Crippen molar-refractivity contribution in [1.29, 1.82) is 0 Å². The summed E-state index contributed by atoms with van der Waals surface area (Å²) >= 11 is 1.22. The summed E-state index contributed by atoms with van der Waals surface area (Å²) in [5.74, 6) is -2.22. The number of amides is 1. The number of aliphatic carboxylic acids is 1. The van der Waals surface area contributed by atoms with Crippen molar-refractivity contribution in [2.75, 3.05) is 12.4 Å². The third-order valence-corrected chi connectivity index (χ3v) is 3.69. The fourth-order valence-electron chi connectivity index (χ4n) is 1.82. The molecule has 0 aromatic carbocycles. The monoisotopic (exact) mass is 323 g/mol. The zero-order valence-corrected chi connectivity index (χ0v) is 12.6. The normalized spacial score (nSPS) is 10.3. The van der Waals surface area contributed by atoms with E-state index in [2.05, 4.69) is 15.2 Å². The summed E-state index contributed by atoms with van der Waals surface area (Å²) in [4.78, 5) is 35.5. The van der Waals surface area contributed by atoms with Gasteiger partial charge in [0.2, 0.25) is 0 Å². The molecule has 0 saturated heterocycles. The number of ether oxygens (including phenoxy) is 1. The molecule has 0 fully saturated rings. The van der Waals surface area contributed by atoms with Gasteiger partial charge in [0.05, 0.1) is 12.7 Å². The van der Waals surface area contributed by atoms with Crippen LogP contribution < -0.4 is 5.32 Å². The highest BCUT2D eigenvalue weighted by atomic mass is 32.1. The van der Waals surface area contributed by atoms with Crippen LogP contribution in [-0.4, -0.2) is 39.8 Å². The first-order chi connectivity index (χ1) is 10.4. The first-order valence-corrected chi connectivity index (χ1v) is 6.97. The molecule has 0 radical (unpaired) electrons. The summed E-state index contributed by atoms with van der Waals surface area (Å²) in [6.45, 7) is 1.37. The van der Waals surface area contributed by atoms with E-state index in [1.165, 1.54) is 30.7 Å². The zero-order chi connectivity index (χ0) is 16.3. The van der Waals surface area contributed by atoms with Crippen LogP contribution in [0.3, 0.4) is 0 Å². The summed E-state index contributed by atoms with van der Waals surface area (Å²) in [5.41, 5.74) is 0.340. The van der Waals surface area contributed by atoms with E-state index in [0.29, 0.717) is 5.00 Å². The summed E-state index contributed by atoms with van der Waals surface area (Å²) in [6.07, 6.45) is 1.33. The summed E-state index contributed by atoms with van der Waals surface area (Å²) < 4.78 is 5.73. The van der Waals surface area contributed by atoms with E-state index in [4.69, 9.17) is 5.11 Å². The van der Waals surface area contributed by atoms with Gasteiger partial charge in [-0.15, -0.1) is 11.3 Å². The van der Waals surface area contributed by atoms with Crippen molar-refractivity contribution in [1.82, 2.24) is 9.78 Å². The van der Waals surface area contributed by atoms with Crippen molar-refractivity contribution in [2.24, 2.45) is 0 Å². The number of methoxy groups -OCH3 is 1. The zero-order valence-electron chi connectivity index (χ0n) is 11.8. The molecule has 0 aliphatic heterocycles. The minimum Gasteiger partial charge on any atom is -0.480 e. The van der Waals surface area contributed by atoms with Crippen molar-refractivity contribution in [3.05, 3.63) is 34.5 Å². The van der Waals surface area contributed by atoms with Crippen LogP contribution in [0.25, 0.3) is 0 Å². The summed E-state index contributed by atoms with van der Waals surface area (Å²) in [6, 6.07) is 3.01. The first-order valence-electron chi connectivity index (χ1n) is 6.16. The average Bonchev–Trinajstić information content (AvgIpc) is 3.04. The van der Waals surface area contributed by atoms with Crippen molar-refractivity contribution in [3.8, 4) is 0 Å². The number of hydrogen-bond acceptors (Lipinski definition) is 6. The Balaban J connectivity index is 2.25. The lowest BCUT2D eigenvalue weighted by Gasteiger charge is -2.06. The number of hydrogen-bond donors (Lipinski definition) is 2. The molecule has 2 aromatic rings. The Hall–Kier alpha value is -2.68. The predicted molar refractivity (Wildman–Crippen MR) is 78.2 cm³/mol. The van der Waals surface area contributed by atoms with E-state index in [1.807, 2.05) is 0 Å². The van der Waals surface area contributed by atoms with Crippen LogP contribution in [0.1, 0.15) is 25.7 Å². The highest BCUT2D eigenvalue weighted by molar-refractivity contribution is 7.16. The third kappa shape index (κ3) is 3.31. The Kier molecular flexibility index (Phi) is 4.56. The minimum atomic E-state index is -1.11. The van der Waals surface area contributed by atoms with E-state index in [0.717, 1.165) is 9.56 Å². The molecule has 0 unspecified atom stereocenters. The average molecular weight is 323 g/mol. The second-order valence-corrected chi connectivity index (χ2v) is 5.57. The molecule has 0 aliphatic carbocycles. The molecular weight excluding hydrogens is 310 g/mol. The third-order valence-electron chi connectivity index (χ3n) is 2.72. The quantitative estimate of drug-likeness (QED) is 0.804. The lowest BCUT2D eigenvalue weighted by molar-refractivity contribution is -0.137. The molecule has 2 rings (SSSR count). The van der Waals surface area contributed by atoms with Gasteiger partial charge >= 0.3 is 11.9 Å². The van der Waals surface area contributed by atoms with Crippen LogP contribution in [0.15, 0.2) is 18.3 Å². The van der Waals surface area contributed by atoms with Crippen LogP contribution in [0.2, 0.25) is 0 Å². The fourth-order valence-corrected chi connectivity index (χ4v) is 2.71. The number of carbonyl (C=O) groups excluding carboxylic acids is 2. The largest absolute Gasteiger partial charge is 0.480 e. The standard InChI is InChI=1S/C13H13N3O5S/c1-7-5-8(13(20)21-2)12(22-7)15-11(19)9-3-4-14-16(9)6-10(17)18/h3-5H,6H2,1-2H3,(H,15,19)(H,17,18). The second-order valence-electron chi connectivity index (χ2n) is 4.31. The molecule has 0 bridgehead atoms. The van der Waals surface area contributed by atoms with E-state index in [1.54, 1.807) is 13.0 Å². The highest BCUT2D eigenvalue weighted by Crippen LogP contribution is 2.28. The molecule has 9 heteroatoms. The van der Waals surface area contributed by atoms with Crippen molar-refractivity contribution in [2.45, 2.75) is 13.5 Å². The summed E-state index contributed by atoms with van der Waals surface area (Å²) in [7, 11) is 1.25. The molecule has 0 atom stereocenters. The number of aromatic nitrogens is 2. The predicted octanol–water partition coefficient (Wildman–Crippen LogP) is 1.38. The smallest absolute Gasteiger partial charge is 0.340 e. The number of thiophene rings is 1. The molecule has 116 valence electrons. The number of nitrogens with zero attached hydrogens (tertiary/aromatic N) is 2. The molecule has 2 N–H and O–H groups in total. The van der Waals surface area contributed by atoms with Crippen molar-refractivity contribution >= 4 is 34.2 Å². The Morgan fingerprint density at radius 3 is 2.82 bits per heavy atom. The molecular formula is C13H13N3O5S. The van der Waals surface area contributed by atoms with Crippen LogP contribution in [0.4, 0.5) is 5.00 Å². The van der Waals surface area contributed by atoms with Gasteiger partial charge in [-0.3, -0.25) is 9.59 Å². The lowest BCUT2D eigenvalue weighted by atomic mass is 10.3. The SMILES string of the molecule is COC(=O)c1cc(C)sc1NC(=O)c1ccnn1CC(=O)O. The second kappa shape index (κ2) is 6.39. The Labute approximate surface area is 129 Å². The van der Waals surface area contributed by atoms with Gasteiger partial charge in [-0.25, -0.2) is 9.48 Å². The Morgan fingerprint density at radius 1 is 1.45 bits per heavy atom. The molecule has 2 aromatic heterocycles. The van der Waals surface area contributed by atoms with E-state index in [-0.39, 0.29) is 11.3 Å². The maximum atomic E-state index is 12.2. The summed E-state index contributed by atoms with van der Waals surface area (Å²) in [5, 5.41) is 15.5. The first kappa shape index (κ1) is 15.7. The number of esters is 1. The topological polar surface area (TPSA) is 111 Å². The van der Waals surface area contributed by atoms with Gasteiger partial charge in [0.1, 0.15) is 17.2 Å². The molecule has 22 heavy (non-hydrogen) atoms. The number of rotatable bonds is 5. The van der Waals surface area contributed by atoms with Gasteiger partial charge in [0.15, 0.2) is 0 Å². The maximum absolute atomic E-state index is 12.2. The van der Waals surface area contributed by atoms with E-state index in [9.17, 15) is 14.4 Å². The number of anilines is 1. The van der Waals surface area contributed by atoms with E-state index >= 15 is 0 Å². The molecule has 0 aliphatic rings. The molecule has 2 heterocycles. The fraction of sp³-hybridized carbons (Fsp3) is 0.231. The Bertz CT molecular complexity index is 734. The van der Waals surface area contributed by atoms with Crippen LogP contribution in [0, 0.1) is 6.92 Å². The number of carboxylic acid groups (broad SMARTS) is 1. The minimum absolute atomic E-state index is 0.0873. The Morgan fingerprint density at radius 2 is 2.18 bits per heavy atom. The van der Waals surface area contributed by atoms with Gasteiger partial charge in [0.25, 0.3) is 5.91 Å². The van der Waals surface area contributed by atoms with Crippen LogP contribution >= 0.6 is 11.3 Å². The lowest BCUT2D eigenvalue weighted by Crippen LogP contribution is -2.21. The number of aryl methyl sites for hydroxylation is 1. The van der Waals surface area contributed by atoms with Gasteiger partial charge in [-0.05, 0) is 19.1 Å². The van der Waals surface area contributed by atoms with Crippen molar-refractivity contribution in [3.63, 3.8) is 0 Å². The van der Waals surface area contributed by atoms with Gasteiger partial charge in [0, 0.05) is 11.1 Å². The van der Waals surface area contributed by atoms with Gasteiger partial charge in [-0.2, -0.15) is 5.10 Å². The van der Waals surface area contributed by atoms with Crippen LogP contribution in [0.5, 0.6) is 0 Å². The molecule has 0 spiro atoms. The maximum Gasteiger partial charge on any atom is 0.340 e. The number of carboxylic acids is 1. The number of nitrogens with one attached hydrogen (secondary N) is 1. The molecule has 8 nitrogen and oxygen atoms in total. The van der Waals surface area contributed by atoms with Gasteiger partial charge in [-0.1, -0.05) is 0 Å². The van der Waals surface area contributed by atoms with E-state index < -0.39 is 24.4 Å². The molecule has 1 amide bonds. The van der Waals surface area contributed by atoms with Gasteiger partial charge < -0.3 is 15.2 Å². The number of carbonyl (C=O) groups is 3. The highest BCUT2D eigenvalue weighted by Gasteiger charge is 2.20. The van der Waals surface area contributed by atoms with Crippen LogP contribution in [-0.2, 0) is 16.1 Å².